The molecule has 1 heterocycles. The number of fused-ring (bicyclic) bond motifs is 1. The molecule has 0 atom stereocenters. The lowest BCUT2D eigenvalue weighted by Crippen LogP contribution is -2.14. The fourth-order valence-electron chi connectivity index (χ4n) is 2.16. The quantitative estimate of drug-likeness (QED) is 0.658. The van der Waals surface area contributed by atoms with E-state index in [2.05, 4.69) is 37.5 Å². The Morgan fingerprint density at radius 1 is 1.14 bits per heavy atom. The van der Waals surface area contributed by atoms with Gasteiger partial charge in [-0.15, -0.1) is 15.0 Å². The molecule has 0 fully saturated rings. The molecule has 4 heteroatoms. The molecule has 0 aliphatic rings. The summed E-state index contributed by atoms with van der Waals surface area (Å²) in [6, 6.07) is 7.58. The van der Waals surface area contributed by atoms with Crippen LogP contribution in [0.25, 0.3) is 16.7 Å². The number of nitrogens with zero attached hydrogens (tertiary/aromatic N) is 3. The van der Waals surface area contributed by atoms with Crippen LogP contribution in [0, 0.1) is 5.41 Å². The summed E-state index contributed by atoms with van der Waals surface area (Å²) < 4.78 is 0. The van der Waals surface area contributed by atoms with Crippen LogP contribution < -0.4 is 0 Å². The lowest BCUT2D eigenvalue weighted by Gasteiger charge is -2.23. The van der Waals surface area contributed by atoms with Gasteiger partial charge < -0.3 is 5.11 Å². The molecule has 22 heavy (non-hydrogen) atoms. The summed E-state index contributed by atoms with van der Waals surface area (Å²) in [5, 5.41) is 19.4. The SMILES string of the molecule is C=C(/C(O)=C(\C=C(C)C)C(C)(C)C)n1nc2ccccc2n1. The average Bonchev–Trinajstić information content (AvgIpc) is 2.85. The Labute approximate surface area is 131 Å². The molecule has 2 rings (SSSR count). The maximum atomic E-state index is 10.7. The van der Waals surface area contributed by atoms with Crippen molar-refractivity contribution in [2.24, 2.45) is 5.41 Å². The maximum absolute atomic E-state index is 10.7. The van der Waals surface area contributed by atoms with Gasteiger partial charge in [-0.1, -0.05) is 51.1 Å². The summed E-state index contributed by atoms with van der Waals surface area (Å²) in [6.07, 6.45) is 1.98. The number of hydrogen-bond acceptors (Lipinski definition) is 3. The summed E-state index contributed by atoms with van der Waals surface area (Å²) in [5.74, 6) is 0.119. The first kappa shape index (κ1) is 16.0. The lowest BCUT2D eigenvalue weighted by molar-refractivity contribution is 0.394. The van der Waals surface area contributed by atoms with Crippen LogP contribution in [0.3, 0.4) is 0 Å². The highest BCUT2D eigenvalue weighted by atomic mass is 16.3. The third-order valence-corrected chi connectivity index (χ3v) is 3.30. The zero-order chi connectivity index (χ0) is 16.5. The van der Waals surface area contributed by atoms with E-state index in [0.717, 1.165) is 22.2 Å². The van der Waals surface area contributed by atoms with Crippen molar-refractivity contribution >= 4 is 16.7 Å². The normalized spacial score (nSPS) is 13.0. The summed E-state index contributed by atoms with van der Waals surface area (Å²) in [6.45, 7) is 14.1. The van der Waals surface area contributed by atoms with Crippen LogP contribution in [-0.4, -0.2) is 20.1 Å². The van der Waals surface area contributed by atoms with Gasteiger partial charge >= 0.3 is 0 Å². The van der Waals surface area contributed by atoms with Crippen molar-refractivity contribution < 1.29 is 5.11 Å². The number of aliphatic hydroxyl groups is 1. The third kappa shape index (κ3) is 3.27. The van der Waals surface area contributed by atoms with E-state index >= 15 is 0 Å². The van der Waals surface area contributed by atoms with Crippen molar-refractivity contribution in [3.8, 4) is 0 Å². The predicted octanol–water partition coefficient (Wildman–Crippen LogP) is 4.73. The molecular formula is C18H23N3O. The van der Waals surface area contributed by atoms with Crippen molar-refractivity contribution in [1.29, 1.82) is 0 Å². The van der Waals surface area contributed by atoms with Crippen molar-refractivity contribution in [2.45, 2.75) is 34.6 Å². The van der Waals surface area contributed by atoms with Gasteiger partial charge in [-0.05, 0) is 31.4 Å². The van der Waals surface area contributed by atoms with Crippen molar-refractivity contribution in [3.63, 3.8) is 0 Å². The van der Waals surface area contributed by atoms with Crippen LogP contribution in [0.15, 0.2) is 53.8 Å². The number of hydrogen-bond donors (Lipinski definition) is 1. The molecule has 0 saturated carbocycles. The van der Waals surface area contributed by atoms with Gasteiger partial charge in [-0.2, -0.15) is 0 Å². The molecule has 1 aromatic carbocycles. The first-order valence-electron chi connectivity index (χ1n) is 7.30. The molecule has 116 valence electrons. The van der Waals surface area contributed by atoms with Gasteiger partial charge in [0, 0.05) is 5.57 Å². The van der Waals surface area contributed by atoms with Gasteiger partial charge in [0.25, 0.3) is 0 Å². The third-order valence-electron chi connectivity index (χ3n) is 3.30. The Balaban J connectivity index is 2.53. The fourth-order valence-corrected chi connectivity index (χ4v) is 2.16. The molecule has 0 spiro atoms. The Morgan fingerprint density at radius 2 is 1.64 bits per heavy atom. The van der Waals surface area contributed by atoms with Crippen LogP contribution in [0.4, 0.5) is 0 Å². The molecule has 0 aliphatic heterocycles. The number of aromatic nitrogens is 3. The number of allylic oxidation sites excluding steroid dienone is 4. The van der Waals surface area contributed by atoms with E-state index in [1.807, 2.05) is 44.2 Å². The number of aliphatic hydroxyl groups excluding tert-OH is 1. The minimum Gasteiger partial charge on any atom is -0.505 e. The first-order chi connectivity index (χ1) is 10.2. The zero-order valence-corrected chi connectivity index (χ0v) is 13.9. The highest BCUT2D eigenvalue weighted by Gasteiger charge is 2.22. The predicted molar refractivity (Wildman–Crippen MR) is 91.4 cm³/mol. The lowest BCUT2D eigenvalue weighted by atomic mass is 9.84. The Bertz CT molecular complexity index is 736. The zero-order valence-electron chi connectivity index (χ0n) is 13.9. The molecule has 0 amide bonds. The standard InChI is InChI=1S/C18H23N3O/c1-12(2)11-14(18(4,5)6)17(22)13(3)21-19-15-9-7-8-10-16(15)20-21/h7-11,22H,3H2,1-2,4-6H3/b17-14-. The second-order valence-corrected chi connectivity index (χ2v) is 6.66. The van der Waals surface area contributed by atoms with Crippen LogP contribution >= 0.6 is 0 Å². The summed E-state index contributed by atoms with van der Waals surface area (Å²) in [4.78, 5) is 1.39. The largest absolute Gasteiger partial charge is 0.505 e. The fraction of sp³-hybridized carbons (Fsp3) is 0.333. The topological polar surface area (TPSA) is 50.9 Å². The van der Waals surface area contributed by atoms with E-state index < -0.39 is 0 Å². The van der Waals surface area contributed by atoms with E-state index in [4.69, 9.17) is 0 Å². The molecule has 1 aromatic heterocycles. The average molecular weight is 297 g/mol. The van der Waals surface area contributed by atoms with Gasteiger partial charge in [0.2, 0.25) is 0 Å². The number of rotatable bonds is 3. The van der Waals surface area contributed by atoms with Crippen molar-refractivity contribution in [1.82, 2.24) is 15.0 Å². The molecule has 4 nitrogen and oxygen atoms in total. The molecule has 0 aliphatic carbocycles. The van der Waals surface area contributed by atoms with Crippen LogP contribution in [0.2, 0.25) is 0 Å². The molecule has 0 bridgehead atoms. The smallest absolute Gasteiger partial charge is 0.146 e. The van der Waals surface area contributed by atoms with E-state index in [9.17, 15) is 5.11 Å². The van der Waals surface area contributed by atoms with Crippen LogP contribution in [-0.2, 0) is 0 Å². The molecule has 0 saturated heterocycles. The first-order valence-corrected chi connectivity index (χ1v) is 7.30. The minimum atomic E-state index is -0.211. The second-order valence-electron chi connectivity index (χ2n) is 6.66. The van der Waals surface area contributed by atoms with E-state index in [0.29, 0.717) is 5.70 Å². The Hall–Kier alpha value is -2.36. The maximum Gasteiger partial charge on any atom is 0.146 e. The monoisotopic (exact) mass is 297 g/mol. The van der Waals surface area contributed by atoms with Gasteiger partial charge in [-0.3, -0.25) is 0 Å². The van der Waals surface area contributed by atoms with Crippen LogP contribution in [0.1, 0.15) is 34.6 Å². The van der Waals surface area contributed by atoms with Crippen molar-refractivity contribution in [3.05, 3.63) is 53.8 Å². The van der Waals surface area contributed by atoms with E-state index in [1.54, 1.807) is 0 Å². The molecule has 0 unspecified atom stereocenters. The number of benzene rings is 1. The molecule has 2 aromatic rings. The van der Waals surface area contributed by atoms with E-state index in [1.165, 1.54) is 4.80 Å². The second kappa shape index (κ2) is 5.79. The summed E-state index contributed by atoms with van der Waals surface area (Å²) in [5.41, 5.74) is 3.64. The van der Waals surface area contributed by atoms with Gasteiger partial charge in [0.15, 0.2) is 0 Å². The summed E-state index contributed by atoms with van der Waals surface area (Å²) >= 11 is 0. The van der Waals surface area contributed by atoms with Crippen molar-refractivity contribution in [2.75, 3.05) is 0 Å². The highest BCUT2D eigenvalue weighted by molar-refractivity contribution is 5.75. The van der Waals surface area contributed by atoms with E-state index in [-0.39, 0.29) is 11.2 Å². The molecular weight excluding hydrogens is 274 g/mol. The minimum absolute atomic E-state index is 0.119. The summed E-state index contributed by atoms with van der Waals surface area (Å²) in [7, 11) is 0. The van der Waals surface area contributed by atoms with Gasteiger partial charge in [0.1, 0.15) is 22.5 Å². The Kier molecular flexibility index (Phi) is 4.22. The van der Waals surface area contributed by atoms with Crippen LogP contribution in [0.5, 0.6) is 0 Å². The molecule has 0 radical (unpaired) electrons. The highest BCUT2D eigenvalue weighted by Crippen LogP contribution is 2.32. The Morgan fingerprint density at radius 3 is 2.05 bits per heavy atom. The van der Waals surface area contributed by atoms with Gasteiger partial charge in [0.05, 0.1) is 0 Å². The van der Waals surface area contributed by atoms with Gasteiger partial charge in [-0.25, -0.2) is 0 Å². The molecule has 1 N–H and O–H groups in total.